The number of benzene rings is 1. The lowest BCUT2D eigenvalue weighted by molar-refractivity contribution is -0.116. The first-order valence-electron chi connectivity index (χ1n) is 6.58. The Balaban J connectivity index is 1.81. The number of nitrogens with zero attached hydrogens (tertiary/aromatic N) is 4. The Hall–Kier alpha value is -3.10. The van der Waals surface area contributed by atoms with Crippen molar-refractivity contribution >= 4 is 22.6 Å². The number of amides is 1. The summed E-state index contributed by atoms with van der Waals surface area (Å²) in [5.41, 5.74) is 0.0909. The molecule has 118 valence electrons. The lowest BCUT2D eigenvalue weighted by atomic mass is 10.3. The molecule has 7 nitrogen and oxygen atoms in total. The summed E-state index contributed by atoms with van der Waals surface area (Å²) in [6.07, 6.45) is 2.60. The Morgan fingerprint density at radius 2 is 2.09 bits per heavy atom. The molecule has 0 aliphatic rings. The lowest BCUT2D eigenvalue weighted by Crippen LogP contribution is -2.27. The quantitative estimate of drug-likeness (QED) is 0.782. The fraction of sp³-hybridized carbons (Fsp3) is 0.143. The molecule has 1 N–H and O–H groups in total. The maximum atomic E-state index is 13.1. The molecule has 2 heterocycles. The van der Waals surface area contributed by atoms with Crippen LogP contribution in [0.1, 0.15) is 0 Å². The van der Waals surface area contributed by atoms with Gasteiger partial charge in [-0.3, -0.25) is 18.8 Å². The molecule has 2 aromatic heterocycles. The smallest absolute Gasteiger partial charge is 0.264 e. The van der Waals surface area contributed by atoms with Gasteiger partial charge < -0.3 is 5.32 Å². The van der Waals surface area contributed by atoms with E-state index >= 15 is 0 Å². The number of aryl methyl sites for hydroxylation is 1. The second-order valence-corrected chi connectivity index (χ2v) is 4.86. The van der Waals surface area contributed by atoms with E-state index in [-0.39, 0.29) is 17.6 Å². The van der Waals surface area contributed by atoms with Crippen LogP contribution in [-0.2, 0) is 18.4 Å². The summed E-state index contributed by atoms with van der Waals surface area (Å²) in [7, 11) is 1.65. The van der Waals surface area contributed by atoms with E-state index in [4.69, 9.17) is 0 Å². The Morgan fingerprint density at radius 1 is 1.30 bits per heavy atom. The first kappa shape index (κ1) is 14.8. The number of hydrogen-bond acceptors (Lipinski definition) is 4. The minimum absolute atomic E-state index is 0.0948. The Labute approximate surface area is 128 Å². The highest BCUT2D eigenvalue weighted by atomic mass is 19.2. The Morgan fingerprint density at radius 3 is 2.83 bits per heavy atom. The zero-order valence-corrected chi connectivity index (χ0v) is 12.0. The number of rotatable bonds is 3. The molecule has 0 saturated carbocycles. The first-order chi connectivity index (χ1) is 11.0. The highest BCUT2D eigenvalue weighted by Gasteiger charge is 2.11. The van der Waals surface area contributed by atoms with Crippen molar-refractivity contribution in [2.75, 3.05) is 5.32 Å². The molecule has 3 rings (SSSR count). The van der Waals surface area contributed by atoms with Gasteiger partial charge in [-0.05, 0) is 12.1 Å². The third-order valence-corrected chi connectivity index (χ3v) is 3.24. The molecule has 1 aromatic carbocycles. The molecule has 0 aliphatic carbocycles. The first-order valence-corrected chi connectivity index (χ1v) is 6.58. The minimum Gasteiger partial charge on any atom is -0.324 e. The Bertz CT molecular complexity index is 963. The number of carbonyl (C=O) groups excluding carboxylic acids is 1. The number of aromatic nitrogens is 4. The standard InChI is InChI=1S/C14H11F2N5O2/c1-20-13-9(5-18-20)14(23)21(7-17-13)6-12(22)19-8-2-3-10(15)11(16)4-8/h2-5,7H,6H2,1H3,(H,19,22). The van der Waals surface area contributed by atoms with Gasteiger partial charge in [0.2, 0.25) is 5.91 Å². The largest absolute Gasteiger partial charge is 0.324 e. The fourth-order valence-corrected chi connectivity index (χ4v) is 2.11. The van der Waals surface area contributed by atoms with Crippen molar-refractivity contribution in [1.29, 1.82) is 0 Å². The number of hydrogen-bond donors (Lipinski definition) is 1. The molecule has 0 fully saturated rings. The molecular weight excluding hydrogens is 308 g/mol. The predicted octanol–water partition coefficient (Wildman–Crippen LogP) is 1.05. The monoisotopic (exact) mass is 319 g/mol. The third kappa shape index (κ3) is 2.80. The van der Waals surface area contributed by atoms with Crippen LogP contribution in [0.2, 0.25) is 0 Å². The molecule has 3 aromatic rings. The van der Waals surface area contributed by atoms with Crippen LogP contribution in [0.4, 0.5) is 14.5 Å². The summed E-state index contributed by atoms with van der Waals surface area (Å²) in [6, 6.07) is 2.99. The molecule has 0 atom stereocenters. The second kappa shape index (κ2) is 5.59. The summed E-state index contributed by atoms with van der Waals surface area (Å²) >= 11 is 0. The maximum absolute atomic E-state index is 13.1. The van der Waals surface area contributed by atoms with E-state index in [0.717, 1.165) is 16.7 Å². The van der Waals surface area contributed by atoms with E-state index in [1.165, 1.54) is 23.3 Å². The number of fused-ring (bicyclic) bond motifs is 1. The molecule has 0 radical (unpaired) electrons. The average molecular weight is 319 g/mol. The van der Waals surface area contributed by atoms with Gasteiger partial charge in [-0.1, -0.05) is 0 Å². The molecule has 0 unspecified atom stereocenters. The van der Waals surface area contributed by atoms with Crippen molar-refractivity contribution in [3.8, 4) is 0 Å². The zero-order valence-electron chi connectivity index (χ0n) is 12.0. The minimum atomic E-state index is -1.07. The van der Waals surface area contributed by atoms with Crippen LogP contribution in [0.25, 0.3) is 11.0 Å². The summed E-state index contributed by atoms with van der Waals surface area (Å²) in [5, 5.41) is 6.60. The van der Waals surface area contributed by atoms with Crippen LogP contribution in [0.3, 0.4) is 0 Å². The van der Waals surface area contributed by atoms with Crippen LogP contribution in [0, 0.1) is 11.6 Å². The normalized spacial score (nSPS) is 10.9. The highest BCUT2D eigenvalue weighted by Crippen LogP contribution is 2.13. The zero-order chi connectivity index (χ0) is 16.6. The van der Waals surface area contributed by atoms with Gasteiger partial charge in [-0.15, -0.1) is 0 Å². The van der Waals surface area contributed by atoms with Gasteiger partial charge in [0.1, 0.15) is 18.3 Å². The molecule has 23 heavy (non-hydrogen) atoms. The van der Waals surface area contributed by atoms with Crippen LogP contribution in [0.15, 0.2) is 35.5 Å². The van der Waals surface area contributed by atoms with E-state index < -0.39 is 23.1 Å². The molecule has 0 bridgehead atoms. The topological polar surface area (TPSA) is 81.8 Å². The lowest BCUT2D eigenvalue weighted by Gasteiger charge is -2.07. The molecule has 1 amide bonds. The van der Waals surface area contributed by atoms with Gasteiger partial charge in [0.05, 0.1) is 6.20 Å². The van der Waals surface area contributed by atoms with Crippen LogP contribution in [0.5, 0.6) is 0 Å². The highest BCUT2D eigenvalue weighted by molar-refractivity contribution is 5.90. The van der Waals surface area contributed by atoms with Gasteiger partial charge in [0.25, 0.3) is 5.56 Å². The van der Waals surface area contributed by atoms with E-state index in [1.807, 2.05) is 0 Å². The third-order valence-electron chi connectivity index (χ3n) is 3.24. The molecule has 9 heteroatoms. The second-order valence-electron chi connectivity index (χ2n) is 4.86. The van der Waals surface area contributed by atoms with Gasteiger partial charge in [-0.2, -0.15) is 5.10 Å². The van der Waals surface area contributed by atoms with Crippen molar-refractivity contribution in [3.63, 3.8) is 0 Å². The van der Waals surface area contributed by atoms with E-state index in [0.29, 0.717) is 5.65 Å². The van der Waals surface area contributed by atoms with Crippen molar-refractivity contribution in [1.82, 2.24) is 19.3 Å². The summed E-state index contributed by atoms with van der Waals surface area (Å²) in [6.45, 7) is -0.310. The van der Waals surface area contributed by atoms with Gasteiger partial charge >= 0.3 is 0 Å². The van der Waals surface area contributed by atoms with Crippen LogP contribution < -0.4 is 10.9 Å². The summed E-state index contributed by atoms with van der Waals surface area (Å²) in [4.78, 5) is 28.2. The van der Waals surface area contributed by atoms with E-state index in [2.05, 4.69) is 15.4 Å². The predicted molar refractivity (Wildman–Crippen MR) is 77.8 cm³/mol. The molecular formula is C14H11F2N5O2. The van der Waals surface area contributed by atoms with Crippen molar-refractivity contribution in [3.05, 3.63) is 52.7 Å². The average Bonchev–Trinajstić information content (AvgIpc) is 2.88. The fourth-order valence-electron chi connectivity index (χ4n) is 2.11. The van der Waals surface area contributed by atoms with Gasteiger partial charge in [-0.25, -0.2) is 13.8 Å². The van der Waals surface area contributed by atoms with Crippen LogP contribution in [-0.4, -0.2) is 25.2 Å². The number of carbonyl (C=O) groups is 1. The molecule has 0 aliphatic heterocycles. The van der Waals surface area contributed by atoms with Gasteiger partial charge in [0, 0.05) is 18.8 Å². The number of anilines is 1. The van der Waals surface area contributed by atoms with Crippen LogP contribution >= 0.6 is 0 Å². The molecule has 0 saturated heterocycles. The number of halogens is 2. The van der Waals surface area contributed by atoms with Crippen molar-refractivity contribution < 1.29 is 13.6 Å². The van der Waals surface area contributed by atoms with E-state index in [1.54, 1.807) is 7.05 Å². The van der Waals surface area contributed by atoms with Crippen molar-refractivity contribution in [2.45, 2.75) is 6.54 Å². The number of nitrogens with one attached hydrogen (secondary N) is 1. The Kier molecular flexibility index (Phi) is 3.61. The SMILES string of the molecule is Cn1ncc2c(=O)n(CC(=O)Nc3ccc(F)c(F)c3)cnc21. The van der Waals surface area contributed by atoms with Gasteiger partial charge in [0.15, 0.2) is 17.3 Å². The maximum Gasteiger partial charge on any atom is 0.264 e. The summed E-state index contributed by atoms with van der Waals surface area (Å²) < 4.78 is 28.5. The van der Waals surface area contributed by atoms with Crippen molar-refractivity contribution in [2.24, 2.45) is 7.05 Å². The summed E-state index contributed by atoms with van der Waals surface area (Å²) in [5.74, 6) is -2.65. The van der Waals surface area contributed by atoms with E-state index in [9.17, 15) is 18.4 Å². The molecule has 0 spiro atoms.